The smallest absolute Gasteiger partial charge is 0.287 e. The lowest BCUT2D eigenvalue weighted by Crippen LogP contribution is -2.35. The van der Waals surface area contributed by atoms with Crippen LogP contribution >= 0.6 is 0 Å². The van der Waals surface area contributed by atoms with Gasteiger partial charge in [0.1, 0.15) is 11.5 Å². The molecule has 0 saturated heterocycles. The molecular formula is C17H21NO4S. The van der Waals surface area contributed by atoms with Crippen LogP contribution in [0.1, 0.15) is 37.1 Å². The van der Waals surface area contributed by atoms with Gasteiger partial charge in [0.05, 0.1) is 4.90 Å². The number of furan rings is 1. The molecule has 0 spiro atoms. The van der Waals surface area contributed by atoms with Crippen LogP contribution in [0.2, 0.25) is 0 Å². The maximum Gasteiger partial charge on any atom is 0.287 e. The standard InChI is InChI=1S/C17H21NO4S/c1-12(2)13(3)18-17(19)16-10-9-14(22-16)11-23(20,21)15-7-5-4-6-8-15/h4-10,12-13H,11H2,1-3H3,(H,18,19)/t13-/m0/s1. The number of hydrogen-bond donors (Lipinski definition) is 1. The van der Waals surface area contributed by atoms with Crippen LogP contribution in [0.3, 0.4) is 0 Å². The molecule has 0 radical (unpaired) electrons. The van der Waals surface area contributed by atoms with Gasteiger partial charge in [-0.15, -0.1) is 0 Å². The van der Waals surface area contributed by atoms with Gasteiger partial charge in [-0.25, -0.2) is 8.42 Å². The molecule has 0 aliphatic rings. The van der Waals surface area contributed by atoms with E-state index in [-0.39, 0.29) is 34.1 Å². The van der Waals surface area contributed by atoms with Gasteiger partial charge in [0.15, 0.2) is 15.6 Å². The van der Waals surface area contributed by atoms with Gasteiger partial charge in [-0.05, 0) is 37.1 Å². The predicted octanol–water partition coefficient (Wildman–Crippen LogP) is 3.03. The van der Waals surface area contributed by atoms with Crippen molar-refractivity contribution in [2.45, 2.75) is 37.5 Å². The second-order valence-corrected chi connectivity index (χ2v) is 7.83. The number of sulfone groups is 1. The number of nitrogens with one attached hydrogen (secondary N) is 1. The summed E-state index contributed by atoms with van der Waals surface area (Å²) >= 11 is 0. The third-order valence-corrected chi connectivity index (χ3v) is 5.33. The molecule has 0 bridgehead atoms. The molecule has 1 heterocycles. The van der Waals surface area contributed by atoms with E-state index in [2.05, 4.69) is 5.32 Å². The highest BCUT2D eigenvalue weighted by molar-refractivity contribution is 7.90. The van der Waals surface area contributed by atoms with Crippen molar-refractivity contribution in [1.29, 1.82) is 0 Å². The first kappa shape index (κ1) is 17.3. The molecule has 0 unspecified atom stereocenters. The van der Waals surface area contributed by atoms with Crippen LogP contribution in [0.25, 0.3) is 0 Å². The molecule has 2 aromatic rings. The van der Waals surface area contributed by atoms with E-state index in [1.165, 1.54) is 24.3 Å². The zero-order valence-electron chi connectivity index (χ0n) is 13.4. The highest BCUT2D eigenvalue weighted by atomic mass is 32.2. The molecule has 1 aromatic heterocycles. The fourth-order valence-corrected chi connectivity index (χ4v) is 3.19. The van der Waals surface area contributed by atoms with E-state index in [4.69, 9.17) is 4.42 Å². The average molecular weight is 335 g/mol. The first-order chi connectivity index (χ1) is 10.8. The first-order valence-corrected chi connectivity index (χ1v) is 9.12. The molecule has 124 valence electrons. The molecule has 2 rings (SSSR count). The van der Waals surface area contributed by atoms with Crippen molar-refractivity contribution in [1.82, 2.24) is 5.32 Å². The van der Waals surface area contributed by atoms with E-state index in [1.54, 1.807) is 18.2 Å². The molecular weight excluding hydrogens is 314 g/mol. The summed E-state index contributed by atoms with van der Waals surface area (Å²) in [5.74, 6) is 0.0534. The largest absolute Gasteiger partial charge is 0.455 e. The van der Waals surface area contributed by atoms with E-state index in [1.807, 2.05) is 20.8 Å². The van der Waals surface area contributed by atoms with Gasteiger partial charge in [-0.2, -0.15) is 0 Å². The van der Waals surface area contributed by atoms with Crippen LogP contribution in [0.4, 0.5) is 0 Å². The lowest BCUT2D eigenvalue weighted by molar-refractivity contribution is 0.0901. The van der Waals surface area contributed by atoms with Gasteiger partial charge in [0, 0.05) is 6.04 Å². The summed E-state index contributed by atoms with van der Waals surface area (Å²) < 4.78 is 30.0. The Morgan fingerprint density at radius 3 is 2.35 bits per heavy atom. The van der Waals surface area contributed by atoms with Gasteiger partial charge in [-0.1, -0.05) is 32.0 Å². The average Bonchev–Trinajstić information content (AvgIpc) is 2.96. The Kier molecular flexibility index (Phi) is 5.26. The van der Waals surface area contributed by atoms with Crippen LogP contribution < -0.4 is 5.32 Å². The summed E-state index contributed by atoms with van der Waals surface area (Å²) in [4.78, 5) is 12.3. The molecule has 1 N–H and O–H groups in total. The number of benzene rings is 1. The number of carbonyl (C=O) groups is 1. The lowest BCUT2D eigenvalue weighted by Gasteiger charge is -2.16. The minimum atomic E-state index is -3.49. The van der Waals surface area contributed by atoms with Crippen molar-refractivity contribution in [3.63, 3.8) is 0 Å². The molecule has 0 aliphatic carbocycles. The first-order valence-electron chi connectivity index (χ1n) is 7.47. The Labute approximate surface area is 136 Å². The fraction of sp³-hybridized carbons (Fsp3) is 0.353. The van der Waals surface area contributed by atoms with E-state index in [0.29, 0.717) is 5.92 Å². The summed E-state index contributed by atoms with van der Waals surface area (Å²) in [6, 6.07) is 11.2. The van der Waals surface area contributed by atoms with Crippen molar-refractivity contribution in [2.24, 2.45) is 5.92 Å². The van der Waals surface area contributed by atoms with E-state index >= 15 is 0 Å². The summed E-state index contributed by atoms with van der Waals surface area (Å²) in [7, 11) is -3.49. The molecule has 5 nitrogen and oxygen atoms in total. The normalized spacial score (nSPS) is 13.0. The molecule has 23 heavy (non-hydrogen) atoms. The Balaban J connectivity index is 2.09. The molecule has 0 fully saturated rings. The Hall–Kier alpha value is -2.08. The van der Waals surface area contributed by atoms with Gasteiger partial charge in [-0.3, -0.25) is 4.79 Å². The van der Waals surface area contributed by atoms with Gasteiger partial charge in [0.25, 0.3) is 5.91 Å². The molecule has 1 aromatic carbocycles. The van der Waals surface area contributed by atoms with Gasteiger partial charge >= 0.3 is 0 Å². The van der Waals surface area contributed by atoms with Crippen molar-refractivity contribution in [3.8, 4) is 0 Å². The highest BCUT2D eigenvalue weighted by Gasteiger charge is 2.20. The maximum absolute atomic E-state index is 12.3. The molecule has 6 heteroatoms. The van der Waals surface area contributed by atoms with Gasteiger partial charge in [0.2, 0.25) is 0 Å². The Morgan fingerprint density at radius 2 is 1.74 bits per heavy atom. The lowest BCUT2D eigenvalue weighted by atomic mass is 10.1. The molecule has 1 atom stereocenters. The SMILES string of the molecule is CC(C)[C@H](C)NC(=O)c1ccc(CS(=O)(=O)c2ccccc2)o1. The molecule has 0 aliphatic heterocycles. The van der Waals surface area contributed by atoms with Crippen LogP contribution in [-0.4, -0.2) is 20.4 Å². The number of rotatable bonds is 6. The third kappa shape index (κ3) is 4.45. The minimum Gasteiger partial charge on any atom is -0.455 e. The molecule has 0 saturated carbocycles. The quantitative estimate of drug-likeness (QED) is 0.880. The van der Waals surface area contributed by atoms with E-state index < -0.39 is 9.84 Å². The second-order valence-electron chi connectivity index (χ2n) is 5.84. The van der Waals surface area contributed by atoms with Crippen molar-refractivity contribution >= 4 is 15.7 Å². The monoisotopic (exact) mass is 335 g/mol. The summed E-state index contributed by atoms with van der Waals surface area (Å²) in [5, 5.41) is 2.82. The number of amides is 1. The van der Waals surface area contributed by atoms with E-state index in [0.717, 1.165) is 0 Å². The van der Waals surface area contributed by atoms with Gasteiger partial charge < -0.3 is 9.73 Å². The molecule has 1 amide bonds. The van der Waals surface area contributed by atoms with Crippen molar-refractivity contribution in [2.75, 3.05) is 0 Å². The third-order valence-electron chi connectivity index (χ3n) is 3.68. The zero-order valence-corrected chi connectivity index (χ0v) is 14.3. The Morgan fingerprint density at radius 1 is 1.09 bits per heavy atom. The van der Waals surface area contributed by atoms with E-state index in [9.17, 15) is 13.2 Å². The predicted molar refractivity (Wildman–Crippen MR) is 87.8 cm³/mol. The zero-order chi connectivity index (χ0) is 17.0. The summed E-state index contributed by atoms with van der Waals surface area (Å²) in [6.45, 7) is 5.92. The maximum atomic E-state index is 12.3. The summed E-state index contributed by atoms with van der Waals surface area (Å²) in [5.41, 5.74) is 0. The van der Waals surface area contributed by atoms with Crippen LogP contribution in [0.5, 0.6) is 0 Å². The summed E-state index contributed by atoms with van der Waals surface area (Å²) in [6.07, 6.45) is 0. The van der Waals surface area contributed by atoms with Crippen LogP contribution in [-0.2, 0) is 15.6 Å². The van der Waals surface area contributed by atoms with Crippen LogP contribution in [0.15, 0.2) is 51.8 Å². The van der Waals surface area contributed by atoms with Crippen LogP contribution in [0, 0.1) is 5.92 Å². The highest BCUT2D eigenvalue weighted by Crippen LogP contribution is 2.18. The fourth-order valence-electron chi connectivity index (χ4n) is 1.92. The Bertz CT molecular complexity index is 763. The topological polar surface area (TPSA) is 76.4 Å². The second kappa shape index (κ2) is 7.00. The van der Waals surface area contributed by atoms with Crippen molar-refractivity contribution in [3.05, 3.63) is 54.0 Å². The number of hydrogen-bond acceptors (Lipinski definition) is 4. The van der Waals surface area contributed by atoms with Crippen molar-refractivity contribution < 1.29 is 17.6 Å². The number of carbonyl (C=O) groups excluding carboxylic acids is 1. The minimum absolute atomic E-state index is 0.00380.